The van der Waals surface area contributed by atoms with Crippen molar-refractivity contribution in [3.8, 4) is 17.2 Å². The fourth-order valence-corrected chi connectivity index (χ4v) is 4.44. The zero-order chi connectivity index (χ0) is 24.6. The second-order valence-corrected chi connectivity index (χ2v) is 8.61. The molecule has 1 fully saturated rings. The summed E-state index contributed by atoms with van der Waals surface area (Å²) in [4.78, 5) is 14.9. The Kier molecular flexibility index (Phi) is 8.03. The highest BCUT2D eigenvalue weighted by molar-refractivity contribution is 5.92. The van der Waals surface area contributed by atoms with Crippen LogP contribution in [-0.4, -0.2) is 50.5 Å². The smallest absolute Gasteiger partial charge is 0.272 e. The van der Waals surface area contributed by atoms with Gasteiger partial charge >= 0.3 is 0 Å². The predicted molar refractivity (Wildman–Crippen MR) is 134 cm³/mol. The summed E-state index contributed by atoms with van der Waals surface area (Å²) < 4.78 is 16.1. The largest absolute Gasteiger partial charge is 0.493 e. The predicted octanol–water partition coefficient (Wildman–Crippen LogP) is 3.89. The van der Waals surface area contributed by atoms with E-state index in [4.69, 9.17) is 14.2 Å². The quantitative estimate of drug-likeness (QED) is 0.501. The topological polar surface area (TPSA) is 85.8 Å². The Balaban J connectivity index is 1.31. The highest BCUT2D eigenvalue weighted by atomic mass is 16.5. The lowest BCUT2D eigenvalue weighted by molar-refractivity contribution is 0.0945. The van der Waals surface area contributed by atoms with E-state index < -0.39 is 0 Å². The summed E-state index contributed by atoms with van der Waals surface area (Å²) in [5.41, 5.74) is 2.49. The number of hydrogen-bond acceptors (Lipinski definition) is 7. The summed E-state index contributed by atoms with van der Waals surface area (Å²) in [6, 6.07) is 17.9. The number of methoxy groups -OCH3 is 3. The van der Waals surface area contributed by atoms with Crippen molar-refractivity contribution >= 4 is 11.7 Å². The molecule has 2 heterocycles. The van der Waals surface area contributed by atoms with Crippen LogP contribution >= 0.6 is 0 Å². The molecule has 8 heteroatoms. The van der Waals surface area contributed by atoms with Crippen molar-refractivity contribution in [1.29, 1.82) is 0 Å². The molecule has 1 aliphatic rings. The van der Waals surface area contributed by atoms with Crippen LogP contribution in [0, 0.1) is 5.92 Å². The minimum Gasteiger partial charge on any atom is -0.493 e. The van der Waals surface area contributed by atoms with Gasteiger partial charge in [0.1, 0.15) is 0 Å². The third-order valence-corrected chi connectivity index (χ3v) is 6.37. The van der Waals surface area contributed by atoms with Crippen LogP contribution in [0.15, 0.2) is 54.6 Å². The number of carbonyl (C=O) groups is 1. The first-order chi connectivity index (χ1) is 17.1. The first kappa shape index (κ1) is 24.3. The molecule has 0 spiro atoms. The number of nitrogens with one attached hydrogen (secondary N) is 1. The zero-order valence-corrected chi connectivity index (χ0v) is 20.5. The van der Waals surface area contributed by atoms with Crippen LogP contribution in [0.3, 0.4) is 0 Å². The van der Waals surface area contributed by atoms with Crippen LogP contribution in [0.5, 0.6) is 17.2 Å². The number of rotatable bonds is 9. The van der Waals surface area contributed by atoms with Gasteiger partial charge in [0, 0.05) is 19.6 Å². The lowest BCUT2D eigenvalue weighted by atomic mass is 9.90. The van der Waals surface area contributed by atoms with E-state index in [1.54, 1.807) is 39.5 Å². The van der Waals surface area contributed by atoms with Crippen LogP contribution in [-0.2, 0) is 13.0 Å². The minimum absolute atomic E-state index is 0.278. The lowest BCUT2D eigenvalue weighted by Crippen LogP contribution is -2.35. The third kappa shape index (κ3) is 6.01. The standard InChI is InChI=1S/C27H32N4O4/c1-33-23-16-21(17-24(34-2)26(23)35-3)18-28-27(32)22-9-10-25(30-29-22)31-13-11-20(12-14-31)15-19-7-5-4-6-8-19/h4-10,16-17,20H,11-15,18H2,1-3H3,(H,28,32). The molecule has 1 saturated heterocycles. The minimum atomic E-state index is -0.292. The molecule has 184 valence electrons. The maximum atomic E-state index is 12.6. The van der Waals surface area contributed by atoms with E-state index in [-0.39, 0.29) is 18.1 Å². The molecular formula is C27H32N4O4. The molecule has 4 rings (SSSR count). The Morgan fingerprint density at radius 1 is 0.914 bits per heavy atom. The van der Waals surface area contributed by atoms with E-state index in [0.29, 0.717) is 23.2 Å². The van der Waals surface area contributed by atoms with Gasteiger partial charge in [-0.2, -0.15) is 0 Å². The maximum Gasteiger partial charge on any atom is 0.272 e. The Morgan fingerprint density at radius 3 is 2.17 bits per heavy atom. The number of piperidine rings is 1. The molecule has 0 radical (unpaired) electrons. The first-order valence-electron chi connectivity index (χ1n) is 11.8. The fraction of sp³-hybridized carbons (Fsp3) is 0.370. The summed E-state index contributed by atoms with van der Waals surface area (Å²) in [6.07, 6.45) is 3.35. The summed E-state index contributed by atoms with van der Waals surface area (Å²) in [6.45, 7) is 2.17. The number of benzene rings is 2. The molecule has 0 atom stereocenters. The summed E-state index contributed by atoms with van der Waals surface area (Å²) in [7, 11) is 4.67. The monoisotopic (exact) mass is 476 g/mol. The van der Waals surface area contributed by atoms with E-state index in [2.05, 4.69) is 50.7 Å². The zero-order valence-electron chi connectivity index (χ0n) is 20.5. The van der Waals surface area contributed by atoms with Crippen molar-refractivity contribution in [3.63, 3.8) is 0 Å². The van der Waals surface area contributed by atoms with Gasteiger partial charge in [0.25, 0.3) is 5.91 Å². The van der Waals surface area contributed by atoms with Crippen LogP contribution in [0.1, 0.15) is 34.5 Å². The van der Waals surface area contributed by atoms with Gasteiger partial charge < -0.3 is 24.4 Å². The molecule has 0 aliphatic carbocycles. The summed E-state index contributed by atoms with van der Waals surface area (Å²) >= 11 is 0. The van der Waals surface area contributed by atoms with Crippen LogP contribution in [0.2, 0.25) is 0 Å². The summed E-state index contributed by atoms with van der Waals surface area (Å²) in [5, 5.41) is 11.4. The van der Waals surface area contributed by atoms with E-state index in [1.807, 2.05) is 6.07 Å². The second-order valence-electron chi connectivity index (χ2n) is 8.61. The molecule has 35 heavy (non-hydrogen) atoms. The molecule has 1 aromatic heterocycles. The molecular weight excluding hydrogens is 444 g/mol. The van der Waals surface area contributed by atoms with Crippen molar-refractivity contribution < 1.29 is 19.0 Å². The number of hydrogen-bond donors (Lipinski definition) is 1. The van der Waals surface area contributed by atoms with Crippen molar-refractivity contribution in [3.05, 3.63) is 71.4 Å². The van der Waals surface area contributed by atoms with Crippen molar-refractivity contribution in [2.45, 2.75) is 25.8 Å². The molecule has 1 amide bonds. The number of aromatic nitrogens is 2. The third-order valence-electron chi connectivity index (χ3n) is 6.37. The Labute approximate surface area is 206 Å². The number of carbonyl (C=O) groups excluding carboxylic acids is 1. The highest BCUT2D eigenvalue weighted by Crippen LogP contribution is 2.38. The molecule has 0 bridgehead atoms. The Bertz CT molecular complexity index is 1090. The van der Waals surface area contributed by atoms with Crippen LogP contribution in [0.25, 0.3) is 0 Å². The van der Waals surface area contributed by atoms with E-state index in [0.717, 1.165) is 43.7 Å². The molecule has 0 unspecified atom stereocenters. The van der Waals surface area contributed by atoms with Gasteiger partial charge in [-0.25, -0.2) is 0 Å². The average molecular weight is 477 g/mol. The van der Waals surface area contributed by atoms with Gasteiger partial charge in [0.2, 0.25) is 5.75 Å². The molecule has 0 saturated carbocycles. The number of amides is 1. The van der Waals surface area contributed by atoms with E-state index >= 15 is 0 Å². The Morgan fingerprint density at radius 2 is 1.60 bits per heavy atom. The SMILES string of the molecule is COc1cc(CNC(=O)c2ccc(N3CCC(Cc4ccccc4)CC3)nn2)cc(OC)c1OC. The van der Waals surface area contributed by atoms with Gasteiger partial charge in [-0.15, -0.1) is 10.2 Å². The summed E-state index contributed by atoms with van der Waals surface area (Å²) in [5.74, 6) is 2.78. The van der Waals surface area contributed by atoms with Gasteiger partial charge in [-0.05, 0) is 60.6 Å². The first-order valence-corrected chi connectivity index (χ1v) is 11.8. The van der Waals surface area contributed by atoms with Crippen molar-refractivity contribution in [1.82, 2.24) is 15.5 Å². The molecule has 1 aliphatic heterocycles. The van der Waals surface area contributed by atoms with E-state index in [1.165, 1.54) is 5.56 Å². The molecule has 2 aromatic carbocycles. The number of ether oxygens (including phenoxy) is 3. The fourth-order valence-electron chi connectivity index (χ4n) is 4.44. The van der Waals surface area contributed by atoms with Gasteiger partial charge in [0.05, 0.1) is 21.3 Å². The average Bonchev–Trinajstić information content (AvgIpc) is 2.92. The lowest BCUT2D eigenvalue weighted by Gasteiger charge is -2.32. The van der Waals surface area contributed by atoms with Crippen LogP contribution < -0.4 is 24.4 Å². The van der Waals surface area contributed by atoms with Gasteiger partial charge in [-0.1, -0.05) is 30.3 Å². The maximum absolute atomic E-state index is 12.6. The van der Waals surface area contributed by atoms with Gasteiger partial charge in [0.15, 0.2) is 23.0 Å². The van der Waals surface area contributed by atoms with E-state index in [9.17, 15) is 4.79 Å². The second kappa shape index (κ2) is 11.6. The molecule has 3 aromatic rings. The van der Waals surface area contributed by atoms with Gasteiger partial charge in [-0.3, -0.25) is 4.79 Å². The normalized spacial score (nSPS) is 13.9. The van der Waals surface area contributed by atoms with Crippen molar-refractivity contribution in [2.24, 2.45) is 5.92 Å². The number of anilines is 1. The Hall–Kier alpha value is -3.81. The molecule has 8 nitrogen and oxygen atoms in total. The number of nitrogens with zero attached hydrogens (tertiary/aromatic N) is 3. The molecule has 1 N–H and O–H groups in total. The highest BCUT2D eigenvalue weighted by Gasteiger charge is 2.21. The van der Waals surface area contributed by atoms with Crippen LogP contribution in [0.4, 0.5) is 5.82 Å². The van der Waals surface area contributed by atoms with Crippen molar-refractivity contribution in [2.75, 3.05) is 39.3 Å².